The second-order valence-electron chi connectivity index (χ2n) is 6.81. The van der Waals surface area contributed by atoms with Crippen LogP contribution >= 0.6 is 0 Å². The predicted molar refractivity (Wildman–Crippen MR) is 118 cm³/mol. The van der Waals surface area contributed by atoms with Crippen molar-refractivity contribution in [3.63, 3.8) is 0 Å². The summed E-state index contributed by atoms with van der Waals surface area (Å²) in [6.07, 6.45) is 3.01. The SMILES string of the molecule is CCOC(=O)c1cnc(Nc2cc([N+](=O)[O-])c(F)cc2OC)nc1-c1c[nH]c2ccccc12. The standard InChI is InChI=1S/C22H18FN5O5/c1-3-33-21(29)14-11-25-22(26-17-9-18(28(30)31)15(23)8-19(17)32-2)27-20(14)13-10-24-16-7-5-4-6-12(13)16/h4-11,24H,3H2,1-2H3,(H,25,26,27). The maximum absolute atomic E-state index is 14.0. The van der Waals surface area contributed by atoms with E-state index in [1.54, 1.807) is 13.1 Å². The highest BCUT2D eigenvalue weighted by molar-refractivity contribution is 6.02. The lowest BCUT2D eigenvalue weighted by atomic mass is 10.1. The molecule has 4 rings (SSSR count). The van der Waals surface area contributed by atoms with E-state index in [1.165, 1.54) is 13.3 Å². The Kier molecular flexibility index (Phi) is 5.85. The first-order valence-electron chi connectivity index (χ1n) is 9.82. The van der Waals surface area contributed by atoms with Gasteiger partial charge in [0.05, 0.1) is 30.0 Å². The van der Waals surface area contributed by atoms with Crippen LogP contribution in [-0.2, 0) is 4.74 Å². The van der Waals surface area contributed by atoms with Crippen LogP contribution < -0.4 is 10.1 Å². The van der Waals surface area contributed by atoms with E-state index in [2.05, 4.69) is 20.3 Å². The number of nitrogens with zero attached hydrogens (tertiary/aromatic N) is 3. The number of carbonyl (C=O) groups is 1. The number of halogens is 1. The number of benzene rings is 2. The van der Waals surface area contributed by atoms with Crippen molar-refractivity contribution in [3.8, 4) is 17.0 Å². The molecule has 4 aromatic rings. The van der Waals surface area contributed by atoms with E-state index in [1.807, 2.05) is 24.3 Å². The number of para-hydroxylation sites is 1. The number of ether oxygens (including phenoxy) is 2. The molecule has 0 unspecified atom stereocenters. The van der Waals surface area contributed by atoms with E-state index in [0.29, 0.717) is 11.3 Å². The van der Waals surface area contributed by atoms with E-state index in [-0.39, 0.29) is 29.6 Å². The number of hydrogen-bond donors (Lipinski definition) is 2. The zero-order valence-corrected chi connectivity index (χ0v) is 17.6. The van der Waals surface area contributed by atoms with Gasteiger partial charge in [-0.05, 0) is 13.0 Å². The van der Waals surface area contributed by atoms with Crippen LogP contribution in [0, 0.1) is 15.9 Å². The van der Waals surface area contributed by atoms with Crippen molar-refractivity contribution in [3.05, 3.63) is 70.3 Å². The number of nitro benzene ring substituents is 1. The lowest BCUT2D eigenvalue weighted by Crippen LogP contribution is -2.10. The van der Waals surface area contributed by atoms with Crippen LogP contribution in [0.25, 0.3) is 22.2 Å². The van der Waals surface area contributed by atoms with Gasteiger partial charge in [0.15, 0.2) is 0 Å². The fourth-order valence-electron chi connectivity index (χ4n) is 3.34. The average molecular weight is 451 g/mol. The van der Waals surface area contributed by atoms with E-state index in [0.717, 1.165) is 23.0 Å². The Morgan fingerprint density at radius 1 is 1.30 bits per heavy atom. The van der Waals surface area contributed by atoms with Gasteiger partial charge in [-0.2, -0.15) is 4.39 Å². The molecule has 0 atom stereocenters. The lowest BCUT2D eigenvalue weighted by molar-refractivity contribution is -0.387. The maximum Gasteiger partial charge on any atom is 0.341 e. The molecular formula is C22H18FN5O5. The molecule has 2 heterocycles. The predicted octanol–water partition coefficient (Wildman–Crippen LogP) is 4.60. The first-order valence-corrected chi connectivity index (χ1v) is 9.82. The highest BCUT2D eigenvalue weighted by atomic mass is 19.1. The molecule has 0 aliphatic heterocycles. The minimum atomic E-state index is -1.04. The Morgan fingerprint density at radius 2 is 2.09 bits per heavy atom. The molecule has 10 nitrogen and oxygen atoms in total. The van der Waals surface area contributed by atoms with Crippen LogP contribution in [0.1, 0.15) is 17.3 Å². The number of esters is 1. The zero-order chi connectivity index (χ0) is 23.5. The van der Waals surface area contributed by atoms with Crippen molar-refractivity contribution in [1.29, 1.82) is 0 Å². The first kappa shape index (κ1) is 21.7. The van der Waals surface area contributed by atoms with E-state index >= 15 is 0 Å². The Balaban J connectivity index is 1.83. The molecule has 0 fully saturated rings. The second-order valence-corrected chi connectivity index (χ2v) is 6.81. The van der Waals surface area contributed by atoms with Crippen molar-refractivity contribution in [1.82, 2.24) is 15.0 Å². The number of nitro groups is 1. The molecule has 0 amide bonds. The molecule has 0 aliphatic rings. The zero-order valence-electron chi connectivity index (χ0n) is 17.6. The molecule has 168 valence electrons. The highest BCUT2D eigenvalue weighted by Crippen LogP contribution is 2.35. The number of fused-ring (bicyclic) bond motifs is 1. The third-order valence-corrected chi connectivity index (χ3v) is 4.84. The Labute approximate surface area is 186 Å². The number of nitrogens with one attached hydrogen (secondary N) is 2. The normalized spacial score (nSPS) is 10.8. The minimum Gasteiger partial charge on any atom is -0.494 e. The topological polar surface area (TPSA) is 132 Å². The van der Waals surface area contributed by atoms with Gasteiger partial charge in [0, 0.05) is 41.0 Å². The van der Waals surface area contributed by atoms with Gasteiger partial charge in [-0.25, -0.2) is 14.8 Å². The molecule has 0 radical (unpaired) electrons. The monoisotopic (exact) mass is 451 g/mol. The smallest absolute Gasteiger partial charge is 0.341 e. The maximum atomic E-state index is 14.0. The summed E-state index contributed by atoms with van der Waals surface area (Å²) in [5.41, 5.74) is 1.25. The number of hydrogen-bond acceptors (Lipinski definition) is 8. The molecule has 2 aromatic carbocycles. The number of H-pyrrole nitrogens is 1. The molecule has 0 spiro atoms. The fraction of sp³-hybridized carbons (Fsp3) is 0.136. The molecule has 33 heavy (non-hydrogen) atoms. The summed E-state index contributed by atoms with van der Waals surface area (Å²) in [5.74, 6) is -1.60. The van der Waals surface area contributed by atoms with E-state index in [4.69, 9.17) is 9.47 Å². The average Bonchev–Trinajstić information content (AvgIpc) is 3.24. The number of carbonyl (C=O) groups excluding carboxylic acids is 1. The fourth-order valence-corrected chi connectivity index (χ4v) is 3.34. The highest BCUT2D eigenvalue weighted by Gasteiger charge is 2.22. The van der Waals surface area contributed by atoms with Gasteiger partial charge < -0.3 is 19.8 Å². The van der Waals surface area contributed by atoms with Crippen molar-refractivity contribution in [2.24, 2.45) is 0 Å². The number of anilines is 2. The summed E-state index contributed by atoms with van der Waals surface area (Å²) in [4.78, 5) is 34.6. The second kappa shape index (κ2) is 8.91. The minimum absolute atomic E-state index is 0.0162. The van der Waals surface area contributed by atoms with Crippen LogP contribution in [0.5, 0.6) is 5.75 Å². The molecule has 2 N–H and O–H groups in total. The number of aromatic nitrogens is 3. The van der Waals surface area contributed by atoms with Crippen LogP contribution in [-0.4, -0.2) is 39.6 Å². The molecule has 0 saturated carbocycles. The van der Waals surface area contributed by atoms with Gasteiger partial charge in [0.25, 0.3) is 0 Å². The van der Waals surface area contributed by atoms with Crippen molar-refractivity contribution >= 4 is 34.2 Å². The lowest BCUT2D eigenvalue weighted by Gasteiger charge is -2.13. The summed E-state index contributed by atoms with van der Waals surface area (Å²) in [7, 11) is 1.30. The van der Waals surface area contributed by atoms with Crippen LogP contribution in [0.2, 0.25) is 0 Å². The van der Waals surface area contributed by atoms with Gasteiger partial charge in [-0.15, -0.1) is 0 Å². The van der Waals surface area contributed by atoms with Crippen LogP contribution in [0.4, 0.5) is 21.7 Å². The Bertz CT molecular complexity index is 1370. The summed E-state index contributed by atoms with van der Waals surface area (Å²) < 4.78 is 24.3. The van der Waals surface area contributed by atoms with E-state index in [9.17, 15) is 19.3 Å². The number of rotatable bonds is 7. The third-order valence-electron chi connectivity index (χ3n) is 4.84. The van der Waals surface area contributed by atoms with Crippen LogP contribution in [0.3, 0.4) is 0 Å². The quantitative estimate of drug-likeness (QED) is 0.237. The molecular weight excluding hydrogens is 433 g/mol. The number of methoxy groups -OCH3 is 1. The molecule has 0 aliphatic carbocycles. The van der Waals surface area contributed by atoms with Gasteiger partial charge in [0.2, 0.25) is 11.8 Å². The summed E-state index contributed by atoms with van der Waals surface area (Å²) in [6.45, 7) is 1.86. The largest absolute Gasteiger partial charge is 0.494 e. The van der Waals surface area contributed by atoms with Gasteiger partial charge in [0.1, 0.15) is 11.3 Å². The molecule has 0 bridgehead atoms. The molecule has 11 heteroatoms. The molecule has 0 saturated heterocycles. The van der Waals surface area contributed by atoms with Crippen molar-refractivity contribution in [2.75, 3.05) is 19.0 Å². The van der Waals surface area contributed by atoms with E-state index < -0.39 is 22.4 Å². The Hall–Kier alpha value is -4.54. The first-order chi connectivity index (χ1) is 15.9. The Morgan fingerprint density at radius 3 is 2.82 bits per heavy atom. The summed E-state index contributed by atoms with van der Waals surface area (Å²) in [6, 6.07) is 9.36. The molecule has 2 aromatic heterocycles. The summed E-state index contributed by atoms with van der Waals surface area (Å²) >= 11 is 0. The summed E-state index contributed by atoms with van der Waals surface area (Å²) in [5, 5.41) is 14.8. The third kappa shape index (κ3) is 4.15. The van der Waals surface area contributed by atoms with Gasteiger partial charge >= 0.3 is 11.7 Å². The van der Waals surface area contributed by atoms with Crippen LogP contribution in [0.15, 0.2) is 48.8 Å². The number of aromatic amines is 1. The van der Waals surface area contributed by atoms with Gasteiger partial charge in [-0.3, -0.25) is 10.1 Å². The van der Waals surface area contributed by atoms with Crippen molar-refractivity contribution < 1.29 is 23.6 Å². The van der Waals surface area contributed by atoms with Crippen molar-refractivity contribution in [2.45, 2.75) is 6.92 Å². The van der Waals surface area contributed by atoms with Gasteiger partial charge in [-0.1, -0.05) is 18.2 Å².